The summed E-state index contributed by atoms with van der Waals surface area (Å²) < 4.78 is 5.54. The lowest BCUT2D eigenvalue weighted by atomic mass is 10.2. The fourth-order valence-electron chi connectivity index (χ4n) is 3.00. The summed E-state index contributed by atoms with van der Waals surface area (Å²) in [7, 11) is 0. The average molecular weight is 352 g/mol. The van der Waals surface area contributed by atoms with E-state index in [2.05, 4.69) is 12.2 Å². The van der Waals surface area contributed by atoms with Gasteiger partial charge in [0.1, 0.15) is 5.75 Å². The molecule has 26 heavy (non-hydrogen) atoms. The first-order chi connectivity index (χ1) is 12.7. The summed E-state index contributed by atoms with van der Waals surface area (Å²) in [5.41, 5.74) is 2.47. The number of aryl methyl sites for hydroxylation is 1. The number of nitrogens with zero attached hydrogens (tertiary/aromatic N) is 1. The third-order valence-electron chi connectivity index (χ3n) is 4.49. The van der Waals surface area contributed by atoms with Gasteiger partial charge >= 0.3 is 0 Å². The summed E-state index contributed by atoms with van der Waals surface area (Å²) in [5.74, 6) is 0.510. The van der Waals surface area contributed by atoms with Crippen LogP contribution in [0.3, 0.4) is 0 Å². The third kappa shape index (κ3) is 4.63. The van der Waals surface area contributed by atoms with Crippen molar-refractivity contribution in [3.63, 3.8) is 0 Å². The van der Waals surface area contributed by atoms with Crippen molar-refractivity contribution < 1.29 is 14.3 Å². The zero-order chi connectivity index (χ0) is 18.4. The van der Waals surface area contributed by atoms with E-state index in [-0.39, 0.29) is 18.4 Å². The first-order valence-corrected chi connectivity index (χ1v) is 9.06. The van der Waals surface area contributed by atoms with Crippen molar-refractivity contribution >= 4 is 17.5 Å². The Morgan fingerprint density at radius 2 is 1.81 bits per heavy atom. The highest BCUT2D eigenvalue weighted by molar-refractivity contribution is 5.96. The second-order valence-electron chi connectivity index (χ2n) is 6.41. The summed E-state index contributed by atoms with van der Waals surface area (Å²) in [4.78, 5) is 26.2. The summed E-state index contributed by atoms with van der Waals surface area (Å²) in [6, 6.07) is 14.7. The van der Waals surface area contributed by atoms with Gasteiger partial charge in [0.15, 0.2) is 6.61 Å². The number of carbonyl (C=O) groups is 2. The maximum absolute atomic E-state index is 12.3. The fourth-order valence-corrected chi connectivity index (χ4v) is 3.00. The maximum atomic E-state index is 12.3. The molecule has 2 amide bonds. The van der Waals surface area contributed by atoms with Crippen LogP contribution in [0.1, 0.15) is 35.7 Å². The summed E-state index contributed by atoms with van der Waals surface area (Å²) in [6.07, 6.45) is 3.06. The van der Waals surface area contributed by atoms with E-state index in [9.17, 15) is 9.59 Å². The van der Waals surface area contributed by atoms with Gasteiger partial charge in [-0.1, -0.05) is 19.1 Å². The van der Waals surface area contributed by atoms with Crippen LogP contribution in [0.25, 0.3) is 0 Å². The highest BCUT2D eigenvalue weighted by Crippen LogP contribution is 2.16. The van der Waals surface area contributed by atoms with Gasteiger partial charge in [0, 0.05) is 24.3 Å². The summed E-state index contributed by atoms with van der Waals surface area (Å²) in [5, 5.41) is 2.79. The van der Waals surface area contributed by atoms with Crippen molar-refractivity contribution in [2.24, 2.45) is 0 Å². The zero-order valence-electron chi connectivity index (χ0n) is 15.0. The van der Waals surface area contributed by atoms with Crippen LogP contribution < -0.4 is 10.1 Å². The Labute approximate surface area is 154 Å². The number of carbonyl (C=O) groups excluding carboxylic acids is 2. The van der Waals surface area contributed by atoms with Crippen molar-refractivity contribution in [3.8, 4) is 5.75 Å². The molecule has 1 saturated heterocycles. The van der Waals surface area contributed by atoms with Crippen molar-refractivity contribution in [2.45, 2.75) is 26.2 Å². The van der Waals surface area contributed by atoms with E-state index in [4.69, 9.17) is 4.74 Å². The molecule has 2 aromatic carbocycles. The second kappa shape index (κ2) is 8.52. The van der Waals surface area contributed by atoms with E-state index in [1.54, 1.807) is 24.3 Å². The summed E-state index contributed by atoms with van der Waals surface area (Å²) in [6.45, 7) is 3.67. The minimum Gasteiger partial charge on any atom is -0.484 e. The molecule has 1 fully saturated rings. The Kier molecular flexibility index (Phi) is 5.89. The predicted octanol–water partition coefficient (Wildman–Crippen LogP) is 3.50. The van der Waals surface area contributed by atoms with Crippen LogP contribution in [-0.4, -0.2) is 36.4 Å². The Morgan fingerprint density at radius 3 is 2.50 bits per heavy atom. The number of likely N-dealkylation sites (tertiary alicyclic amines) is 1. The number of nitrogens with one attached hydrogen (secondary N) is 1. The highest BCUT2D eigenvalue weighted by atomic mass is 16.5. The molecule has 0 aliphatic carbocycles. The quantitative estimate of drug-likeness (QED) is 0.866. The van der Waals surface area contributed by atoms with Crippen molar-refractivity contribution in [1.29, 1.82) is 0 Å². The number of amides is 2. The number of rotatable bonds is 6. The second-order valence-corrected chi connectivity index (χ2v) is 6.41. The maximum Gasteiger partial charge on any atom is 0.262 e. The number of ether oxygens (including phenoxy) is 1. The number of benzene rings is 2. The Hall–Kier alpha value is -2.82. The minimum atomic E-state index is -0.231. The van der Waals surface area contributed by atoms with Gasteiger partial charge in [0.25, 0.3) is 11.8 Å². The standard InChI is InChI=1S/C21H24N2O3/c1-2-16-6-5-7-19(14-16)26-15-20(24)22-18-10-8-17(9-11-18)21(25)23-12-3-4-13-23/h5-11,14H,2-4,12-13,15H2,1H3,(H,22,24). The molecule has 0 spiro atoms. The lowest BCUT2D eigenvalue weighted by molar-refractivity contribution is -0.118. The van der Waals surface area contributed by atoms with Crippen LogP contribution in [0, 0.1) is 0 Å². The third-order valence-corrected chi connectivity index (χ3v) is 4.49. The molecule has 0 aromatic heterocycles. The molecule has 0 saturated carbocycles. The van der Waals surface area contributed by atoms with Crippen molar-refractivity contribution in [2.75, 3.05) is 25.0 Å². The monoisotopic (exact) mass is 352 g/mol. The molecule has 1 aliphatic rings. The molecular weight excluding hydrogens is 328 g/mol. The van der Waals surface area contributed by atoms with Gasteiger partial charge in [-0.05, 0) is 61.2 Å². The zero-order valence-corrected chi connectivity index (χ0v) is 15.0. The van der Waals surface area contributed by atoms with E-state index >= 15 is 0 Å². The fraction of sp³-hybridized carbons (Fsp3) is 0.333. The molecule has 0 radical (unpaired) electrons. The largest absolute Gasteiger partial charge is 0.484 e. The van der Waals surface area contributed by atoms with Crippen molar-refractivity contribution in [1.82, 2.24) is 4.90 Å². The molecule has 0 unspecified atom stereocenters. The van der Waals surface area contributed by atoms with Gasteiger partial charge < -0.3 is 15.0 Å². The van der Waals surface area contributed by atoms with Gasteiger partial charge in [-0.3, -0.25) is 9.59 Å². The molecule has 1 heterocycles. The van der Waals surface area contributed by atoms with E-state index in [0.717, 1.165) is 32.4 Å². The van der Waals surface area contributed by atoms with Gasteiger partial charge in [-0.15, -0.1) is 0 Å². The van der Waals surface area contributed by atoms with E-state index in [0.29, 0.717) is 17.0 Å². The number of hydrogen-bond donors (Lipinski definition) is 1. The topological polar surface area (TPSA) is 58.6 Å². The Balaban J connectivity index is 1.51. The predicted molar refractivity (Wildman–Crippen MR) is 102 cm³/mol. The Morgan fingerprint density at radius 1 is 1.08 bits per heavy atom. The molecule has 5 nitrogen and oxygen atoms in total. The van der Waals surface area contributed by atoms with Gasteiger partial charge in [0.2, 0.25) is 0 Å². The average Bonchev–Trinajstić information content (AvgIpc) is 3.21. The first-order valence-electron chi connectivity index (χ1n) is 9.06. The van der Waals surface area contributed by atoms with Gasteiger partial charge in [-0.2, -0.15) is 0 Å². The minimum absolute atomic E-state index is 0.0539. The summed E-state index contributed by atoms with van der Waals surface area (Å²) >= 11 is 0. The lowest BCUT2D eigenvalue weighted by Gasteiger charge is -2.15. The van der Waals surface area contributed by atoms with Crippen LogP contribution >= 0.6 is 0 Å². The lowest BCUT2D eigenvalue weighted by Crippen LogP contribution is -2.27. The van der Waals surface area contributed by atoms with Gasteiger partial charge in [-0.25, -0.2) is 0 Å². The van der Waals surface area contributed by atoms with Crippen molar-refractivity contribution in [3.05, 3.63) is 59.7 Å². The number of hydrogen-bond acceptors (Lipinski definition) is 3. The molecule has 3 rings (SSSR count). The van der Waals surface area contributed by atoms with E-state index < -0.39 is 0 Å². The molecule has 0 bridgehead atoms. The molecular formula is C21H24N2O3. The smallest absolute Gasteiger partial charge is 0.262 e. The molecule has 136 valence electrons. The molecule has 1 aliphatic heterocycles. The number of anilines is 1. The first kappa shape index (κ1) is 18.0. The highest BCUT2D eigenvalue weighted by Gasteiger charge is 2.19. The van der Waals surface area contributed by atoms with Crippen LogP contribution in [0.4, 0.5) is 5.69 Å². The molecule has 0 atom stereocenters. The van der Waals surface area contributed by atoms with Crippen LogP contribution in [0.15, 0.2) is 48.5 Å². The van der Waals surface area contributed by atoms with E-state index in [1.807, 2.05) is 29.2 Å². The van der Waals surface area contributed by atoms with Crippen LogP contribution in [0.2, 0.25) is 0 Å². The van der Waals surface area contributed by atoms with Crippen LogP contribution in [-0.2, 0) is 11.2 Å². The SMILES string of the molecule is CCc1cccc(OCC(=O)Nc2ccc(C(=O)N3CCCC3)cc2)c1. The molecule has 2 aromatic rings. The normalized spacial score (nSPS) is 13.5. The molecule has 5 heteroatoms. The Bertz CT molecular complexity index is 765. The molecule has 1 N–H and O–H groups in total. The van der Waals surface area contributed by atoms with Gasteiger partial charge in [0.05, 0.1) is 0 Å². The van der Waals surface area contributed by atoms with E-state index in [1.165, 1.54) is 5.56 Å². The van der Waals surface area contributed by atoms with Crippen LogP contribution in [0.5, 0.6) is 5.75 Å².